The first-order valence-corrected chi connectivity index (χ1v) is 9.68. The van der Waals surface area contributed by atoms with Crippen LogP contribution in [0.1, 0.15) is 12.7 Å². The lowest BCUT2D eigenvalue weighted by Gasteiger charge is -2.14. The van der Waals surface area contributed by atoms with Gasteiger partial charge in [0, 0.05) is 17.5 Å². The van der Waals surface area contributed by atoms with Crippen LogP contribution in [-0.2, 0) is 0 Å². The molecule has 0 aliphatic rings. The molecular weight excluding hydrogens is 413 g/mol. The van der Waals surface area contributed by atoms with E-state index >= 15 is 0 Å². The number of fused-ring (bicyclic) bond motifs is 1. The summed E-state index contributed by atoms with van der Waals surface area (Å²) in [4.78, 5) is 13.4. The fraction of sp³-hybridized carbons (Fsp3) is 0.174. The molecule has 0 aliphatic heterocycles. The number of nitrogens with one attached hydrogen (secondary N) is 1. The molecule has 0 unspecified atom stereocenters. The van der Waals surface area contributed by atoms with Crippen molar-refractivity contribution in [3.63, 3.8) is 0 Å². The summed E-state index contributed by atoms with van der Waals surface area (Å²) >= 11 is 0. The number of benzene rings is 2. The standard InChI is InChI=1S/C23H22FN5O3/c1-13(2)22-26-17-7-6-14(24)8-16(17)23(28-22)27-20-11-29(12-25-20)15-9-18(30-3)21(32-5)19(10-15)31-4/h6-12H,1H2,2-5H3,(H,26,27,28). The topological polar surface area (TPSA) is 83.3 Å². The zero-order valence-corrected chi connectivity index (χ0v) is 18.1. The number of imidazole rings is 1. The predicted molar refractivity (Wildman–Crippen MR) is 121 cm³/mol. The monoisotopic (exact) mass is 435 g/mol. The lowest BCUT2D eigenvalue weighted by atomic mass is 10.2. The van der Waals surface area contributed by atoms with Gasteiger partial charge in [-0.1, -0.05) is 6.58 Å². The van der Waals surface area contributed by atoms with Gasteiger partial charge in [-0.05, 0) is 30.7 Å². The quantitative estimate of drug-likeness (QED) is 0.448. The number of hydrogen-bond acceptors (Lipinski definition) is 7. The molecule has 0 saturated heterocycles. The van der Waals surface area contributed by atoms with Crippen molar-refractivity contribution in [2.45, 2.75) is 6.92 Å². The van der Waals surface area contributed by atoms with E-state index in [9.17, 15) is 4.39 Å². The molecule has 0 atom stereocenters. The van der Waals surface area contributed by atoms with Crippen molar-refractivity contribution in [3.05, 3.63) is 61.1 Å². The molecule has 2 aromatic heterocycles. The normalized spacial score (nSPS) is 10.8. The summed E-state index contributed by atoms with van der Waals surface area (Å²) < 4.78 is 31.9. The summed E-state index contributed by atoms with van der Waals surface area (Å²) in [6, 6.07) is 7.97. The van der Waals surface area contributed by atoms with Crippen LogP contribution in [0, 0.1) is 5.82 Å². The van der Waals surface area contributed by atoms with E-state index in [1.807, 2.05) is 6.92 Å². The molecule has 0 fully saturated rings. The second-order valence-electron chi connectivity index (χ2n) is 7.01. The van der Waals surface area contributed by atoms with E-state index in [2.05, 4.69) is 26.8 Å². The fourth-order valence-corrected chi connectivity index (χ4v) is 3.25. The highest BCUT2D eigenvalue weighted by Crippen LogP contribution is 2.39. The second kappa shape index (κ2) is 8.54. The van der Waals surface area contributed by atoms with Gasteiger partial charge in [-0.2, -0.15) is 0 Å². The van der Waals surface area contributed by atoms with Crippen LogP contribution in [0.2, 0.25) is 0 Å². The third kappa shape index (κ3) is 3.92. The number of anilines is 2. The zero-order chi connectivity index (χ0) is 22.8. The number of allylic oxidation sites excluding steroid dienone is 1. The molecule has 0 bridgehead atoms. The van der Waals surface area contributed by atoms with Crippen molar-refractivity contribution in [1.82, 2.24) is 19.5 Å². The SMILES string of the molecule is C=C(C)c1nc(Nc2cn(-c3cc(OC)c(OC)c(OC)c3)cn2)c2cc(F)ccc2n1. The molecule has 2 aromatic carbocycles. The van der Waals surface area contributed by atoms with Gasteiger partial charge in [-0.3, -0.25) is 0 Å². The third-order valence-corrected chi connectivity index (χ3v) is 4.82. The Bertz CT molecular complexity index is 1290. The van der Waals surface area contributed by atoms with Gasteiger partial charge in [0.15, 0.2) is 17.3 Å². The summed E-state index contributed by atoms with van der Waals surface area (Å²) in [5.74, 6) is 2.57. The first kappa shape index (κ1) is 21.1. The highest BCUT2D eigenvalue weighted by Gasteiger charge is 2.15. The Morgan fingerprint density at radius 1 is 1.03 bits per heavy atom. The average Bonchev–Trinajstić information content (AvgIpc) is 3.26. The highest BCUT2D eigenvalue weighted by atomic mass is 19.1. The summed E-state index contributed by atoms with van der Waals surface area (Å²) in [6.45, 7) is 5.72. The number of rotatable bonds is 7. The number of halogens is 1. The van der Waals surface area contributed by atoms with Gasteiger partial charge in [-0.15, -0.1) is 0 Å². The van der Waals surface area contributed by atoms with Crippen LogP contribution in [0.4, 0.5) is 16.0 Å². The van der Waals surface area contributed by atoms with Gasteiger partial charge in [0.25, 0.3) is 0 Å². The molecule has 4 aromatic rings. The molecule has 2 heterocycles. The molecule has 0 radical (unpaired) electrons. The zero-order valence-electron chi connectivity index (χ0n) is 18.1. The minimum Gasteiger partial charge on any atom is -0.493 e. The molecule has 164 valence electrons. The molecule has 4 rings (SSSR count). The molecule has 9 heteroatoms. The minimum atomic E-state index is -0.379. The summed E-state index contributed by atoms with van der Waals surface area (Å²) in [5.41, 5.74) is 2.05. The van der Waals surface area contributed by atoms with Gasteiger partial charge in [0.1, 0.15) is 23.8 Å². The van der Waals surface area contributed by atoms with Crippen LogP contribution in [-0.4, -0.2) is 40.8 Å². The van der Waals surface area contributed by atoms with Gasteiger partial charge in [0.05, 0.1) is 38.7 Å². The molecular formula is C23H22FN5O3. The molecule has 0 aliphatic carbocycles. The predicted octanol–water partition coefficient (Wildman–Crippen LogP) is 4.76. The lowest BCUT2D eigenvalue weighted by molar-refractivity contribution is 0.324. The van der Waals surface area contributed by atoms with Gasteiger partial charge in [0.2, 0.25) is 5.75 Å². The Morgan fingerprint density at radius 2 is 1.75 bits per heavy atom. The molecule has 0 saturated carbocycles. The van der Waals surface area contributed by atoms with E-state index in [1.165, 1.54) is 12.1 Å². The van der Waals surface area contributed by atoms with Crippen LogP contribution in [0.15, 0.2) is 49.4 Å². The number of ether oxygens (including phenoxy) is 3. The van der Waals surface area contributed by atoms with Crippen molar-refractivity contribution in [2.24, 2.45) is 0 Å². The van der Waals surface area contributed by atoms with Crippen LogP contribution < -0.4 is 19.5 Å². The Balaban J connectivity index is 1.74. The highest BCUT2D eigenvalue weighted by molar-refractivity contribution is 5.91. The Kier molecular flexibility index (Phi) is 5.63. The van der Waals surface area contributed by atoms with E-state index in [0.29, 0.717) is 51.2 Å². The number of methoxy groups -OCH3 is 3. The van der Waals surface area contributed by atoms with Crippen LogP contribution in [0.25, 0.3) is 22.2 Å². The van der Waals surface area contributed by atoms with E-state index < -0.39 is 0 Å². The molecule has 0 spiro atoms. The average molecular weight is 435 g/mol. The third-order valence-electron chi connectivity index (χ3n) is 4.82. The van der Waals surface area contributed by atoms with E-state index in [4.69, 9.17) is 14.2 Å². The van der Waals surface area contributed by atoms with Gasteiger partial charge < -0.3 is 24.1 Å². The fourth-order valence-electron chi connectivity index (χ4n) is 3.25. The number of hydrogen-bond donors (Lipinski definition) is 1. The molecule has 1 N–H and O–H groups in total. The lowest BCUT2D eigenvalue weighted by Crippen LogP contribution is -2.01. The van der Waals surface area contributed by atoms with Gasteiger partial charge >= 0.3 is 0 Å². The molecule has 8 nitrogen and oxygen atoms in total. The van der Waals surface area contributed by atoms with Crippen molar-refractivity contribution in [3.8, 4) is 22.9 Å². The van der Waals surface area contributed by atoms with Crippen LogP contribution in [0.5, 0.6) is 17.2 Å². The smallest absolute Gasteiger partial charge is 0.203 e. The Hall–Kier alpha value is -4.14. The van der Waals surface area contributed by atoms with Crippen LogP contribution in [0.3, 0.4) is 0 Å². The van der Waals surface area contributed by atoms with Crippen molar-refractivity contribution in [2.75, 3.05) is 26.6 Å². The molecule has 0 amide bonds. The van der Waals surface area contributed by atoms with Gasteiger partial charge in [-0.25, -0.2) is 19.3 Å². The maximum Gasteiger partial charge on any atom is 0.203 e. The minimum absolute atomic E-state index is 0.379. The maximum atomic E-state index is 13.9. The molecule has 32 heavy (non-hydrogen) atoms. The van der Waals surface area contributed by atoms with Crippen molar-refractivity contribution >= 4 is 28.1 Å². The number of nitrogens with zero attached hydrogens (tertiary/aromatic N) is 4. The second-order valence-corrected chi connectivity index (χ2v) is 7.01. The summed E-state index contributed by atoms with van der Waals surface area (Å²) in [7, 11) is 4.66. The summed E-state index contributed by atoms with van der Waals surface area (Å²) in [6.07, 6.45) is 3.40. The van der Waals surface area contributed by atoms with Crippen LogP contribution >= 0.6 is 0 Å². The first-order chi connectivity index (χ1) is 15.4. The van der Waals surface area contributed by atoms with E-state index in [0.717, 1.165) is 5.69 Å². The van der Waals surface area contributed by atoms with E-state index in [-0.39, 0.29) is 5.82 Å². The summed E-state index contributed by atoms with van der Waals surface area (Å²) in [5, 5.41) is 3.70. The van der Waals surface area contributed by atoms with Crippen molar-refractivity contribution in [1.29, 1.82) is 0 Å². The maximum absolute atomic E-state index is 13.9. The Morgan fingerprint density at radius 3 is 2.38 bits per heavy atom. The largest absolute Gasteiger partial charge is 0.493 e. The first-order valence-electron chi connectivity index (χ1n) is 9.68. The van der Waals surface area contributed by atoms with E-state index in [1.54, 1.807) is 56.6 Å². The van der Waals surface area contributed by atoms with Crippen molar-refractivity contribution < 1.29 is 18.6 Å². The Labute approximate surface area is 184 Å². The number of aromatic nitrogens is 4.